The molecule has 2 aliphatic heterocycles. The number of hydrogen-bond donors (Lipinski definition) is 4. The summed E-state index contributed by atoms with van der Waals surface area (Å²) < 4.78 is 34.7. The van der Waals surface area contributed by atoms with Gasteiger partial charge in [0.05, 0.1) is 24.0 Å². The number of hydrogen-bond acceptors (Lipinski definition) is 8. The summed E-state index contributed by atoms with van der Waals surface area (Å²) in [7, 11) is 0. The van der Waals surface area contributed by atoms with Gasteiger partial charge >= 0.3 is 0 Å². The third-order valence-corrected chi connectivity index (χ3v) is 6.86. The van der Waals surface area contributed by atoms with Crippen molar-refractivity contribution in [2.75, 3.05) is 41.8 Å². The van der Waals surface area contributed by atoms with Gasteiger partial charge < -0.3 is 31.4 Å². The number of carbonyl (C=O) groups excluding carboxylic acids is 1. The first-order valence-electron chi connectivity index (χ1n) is 12.7. The van der Waals surface area contributed by atoms with Crippen LogP contribution in [0.15, 0.2) is 47.3 Å². The van der Waals surface area contributed by atoms with Crippen molar-refractivity contribution in [2.45, 2.75) is 31.3 Å². The number of rotatable bonds is 7. The fourth-order valence-electron chi connectivity index (χ4n) is 4.97. The fraction of sp³-hybridized carbons (Fsp3) is 0.333. The van der Waals surface area contributed by atoms with Gasteiger partial charge in [-0.1, -0.05) is 6.07 Å². The predicted molar refractivity (Wildman–Crippen MR) is 144 cm³/mol. The summed E-state index contributed by atoms with van der Waals surface area (Å²) in [6.45, 7) is 2.44. The van der Waals surface area contributed by atoms with Gasteiger partial charge in [0.1, 0.15) is 11.4 Å². The van der Waals surface area contributed by atoms with Crippen LogP contribution >= 0.6 is 0 Å². The number of piperidine rings is 1. The Morgan fingerprint density at radius 2 is 1.87 bits per heavy atom. The number of ether oxygens (including phenoxy) is 1. The molecule has 3 heterocycles. The number of para-hydroxylation sites is 1. The van der Waals surface area contributed by atoms with Gasteiger partial charge in [0.2, 0.25) is 0 Å². The molecule has 1 aromatic heterocycles. The molecule has 1 amide bonds. The van der Waals surface area contributed by atoms with E-state index in [1.165, 1.54) is 18.3 Å². The Balaban J connectivity index is 1.52. The van der Waals surface area contributed by atoms with Gasteiger partial charge in [-0.15, -0.1) is 0 Å². The summed E-state index contributed by atoms with van der Waals surface area (Å²) in [6, 6.07) is 8.93. The minimum atomic E-state index is -0.989. The van der Waals surface area contributed by atoms with E-state index in [1.54, 1.807) is 12.1 Å². The summed E-state index contributed by atoms with van der Waals surface area (Å²) in [5.41, 5.74) is 6.93. The topological polar surface area (TPSA) is 138 Å². The SMILES string of the molecule is N=Cc1c(NC2CCOC2)ccc(NC(=O)c2ccc(=O)n(-c3c(F)cccc3F)n2)c1N1CCCC(N)C1. The molecule has 2 fully saturated rings. The highest BCUT2D eigenvalue weighted by molar-refractivity contribution is 6.08. The first kappa shape index (κ1) is 26.4. The van der Waals surface area contributed by atoms with Crippen molar-refractivity contribution in [1.82, 2.24) is 9.78 Å². The molecule has 204 valence electrons. The van der Waals surface area contributed by atoms with Gasteiger partial charge in [0.15, 0.2) is 11.6 Å². The maximum atomic E-state index is 14.4. The van der Waals surface area contributed by atoms with Crippen LogP contribution in [0.25, 0.3) is 5.69 Å². The highest BCUT2D eigenvalue weighted by atomic mass is 19.1. The van der Waals surface area contributed by atoms with Crippen molar-refractivity contribution in [3.8, 4) is 5.69 Å². The molecule has 2 aliphatic rings. The molecule has 5 rings (SSSR count). The highest BCUT2D eigenvalue weighted by Crippen LogP contribution is 2.37. The second-order valence-corrected chi connectivity index (χ2v) is 9.61. The smallest absolute Gasteiger partial charge is 0.276 e. The number of nitrogens with zero attached hydrogens (tertiary/aromatic N) is 3. The molecule has 39 heavy (non-hydrogen) atoms. The average Bonchev–Trinajstić information content (AvgIpc) is 3.43. The number of benzene rings is 2. The van der Waals surface area contributed by atoms with Gasteiger partial charge in [-0.25, -0.2) is 8.78 Å². The van der Waals surface area contributed by atoms with Crippen LogP contribution in [0.1, 0.15) is 35.3 Å². The number of aromatic nitrogens is 2. The normalized spacial score (nSPS) is 19.1. The Bertz CT molecular complexity index is 1440. The average molecular weight is 538 g/mol. The molecule has 12 heteroatoms. The zero-order chi connectivity index (χ0) is 27.5. The molecule has 2 saturated heterocycles. The highest BCUT2D eigenvalue weighted by Gasteiger charge is 2.26. The molecule has 5 N–H and O–H groups in total. The largest absolute Gasteiger partial charge is 0.379 e. The number of halogens is 2. The lowest BCUT2D eigenvalue weighted by atomic mass is 10.0. The van der Waals surface area contributed by atoms with E-state index in [-0.39, 0.29) is 17.8 Å². The van der Waals surface area contributed by atoms with Crippen LogP contribution in [-0.2, 0) is 4.74 Å². The van der Waals surface area contributed by atoms with E-state index in [9.17, 15) is 18.4 Å². The third-order valence-electron chi connectivity index (χ3n) is 6.86. The molecule has 2 unspecified atom stereocenters. The van der Waals surface area contributed by atoms with E-state index in [0.29, 0.717) is 47.9 Å². The predicted octanol–water partition coefficient (Wildman–Crippen LogP) is 2.89. The van der Waals surface area contributed by atoms with E-state index < -0.39 is 28.8 Å². The minimum Gasteiger partial charge on any atom is -0.379 e. The van der Waals surface area contributed by atoms with E-state index in [2.05, 4.69) is 15.7 Å². The maximum absolute atomic E-state index is 14.4. The van der Waals surface area contributed by atoms with Crippen molar-refractivity contribution in [3.05, 3.63) is 75.7 Å². The molecule has 3 aromatic rings. The lowest BCUT2D eigenvalue weighted by molar-refractivity contribution is 0.102. The summed E-state index contributed by atoms with van der Waals surface area (Å²) in [6.07, 6.45) is 3.79. The number of amides is 1. The Labute approximate surface area is 223 Å². The van der Waals surface area contributed by atoms with E-state index in [1.807, 2.05) is 4.90 Å². The molecule has 0 spiro atoms. The second kappa shape index (κ2) is 11.3. The standard InChI is InChI=1S/C27H29F2N7O3/c28-19-4-1-5-20(29)26(19)36-24(37)9-8-23(34-36)27(38)33-22-7-6-21(32-17-10-12-39-15-17)18(13-30)25(22)35-11-2-3-16(31)14-35/h1,4-9,13,16-17,30,32H,2-3,10-12,14-15,31H2,(H,33,38). The zero-order valence-electron chi connectivity index (χ0n) is 21.1. The van der Waals surface area contributed by atoms with Crippen LogP contribution in [0.3, 0.4) is 0 Å². The lowest BCUT2D eigenvalue weighted by Crippen LogP contribution is -2.43. The molecular weight excluding hydrogens is 508 g/mol. The molecule has 0 radical (unpaired) electrons. The number of anilines is 3. The molecule has 2 aromatic carbocycles. The van der Waals surface area contributed by atoms with E-state index in [0.717, 1.165) is 43.1 Å². The van der Waals surface area contributed by atoms with Crippen LogP contribution < -0.4 is 26.8 Å². The van der Waals surface area contributed by atoms with E-state index >= 15 is 0 Å². The Morgan fingerprint density at radius 3 is 2.56 bits per heavy atom. The van der Waals surface area contributed by atoms with Crippen LogP contribution in [0.4, 0.5) is 25.8 Å². The Hall–Kier alpha value is -4.16. The molecule has 2 atom stereocenters. The Morgan fingerprint density at radius 1 is 1.10 bits per heavy atom. The molecule has 0 saturated carbocycles. The molecule has 0 aliphatic carbocycles. The summed E-state index contributed by atoms with van der Waals surface area (Å²) in [5.74, 6) is -2.67. The quantitative estimate of drug-likeness (QED) is 0.340. The zero-order valence-corrected chi connectivity index (χ0v) is 21.1. The van der Waals surface area contributed by atoms with E-state index in [4.69, 9.17) is 15.9 Å². The third kappa shape index (κ3) is 5.52. The second-order valence-electron chi connectivity index (χ2n) is 9.61. The first-order chi connectivity index (χ1) is 18.9. The van der Waals surface area contributed by atoms with Gasteiger partial charge in [-0.3, -0.25) is 9.59 Å². The van der Waals surface area contributed by atoms with Crippen LogP contribution in [0.5, 0.6) is 0 Å². The fourth-order valence-corrected chi connectivity index (χ4v) is 4.97. The van der Waals surface area contributed by atoms with Gasteiger partial charge in [-0.2, -0.15) is 9.78 Å². The number of carbonyl (C=O) groups is 1. The number of nitrogens with two attached hydrogens (primary N) is 1. The van der Waals surface area contributed by atoms with Crippen molar-refractivity contribution < 1.29 is 18.3 Å². The minimum absolute atomic E-state index is 0.0679. The van der Waals surface area contributed by atoms with Crippen molar-refractivity contribution in [1.29, 1.82) is 5.41 Å². The molecule has 0 bridgehead atoms. The number of nitrogens with one attached hydrogen (secondary N) is 3. The van der Waals surface area contributed by atoms with Gasteiger partial charge in [0.25, 0.3) is 11.5 Å². The lowest BCUT2D eigenvalue weighted by Gasteiger charge is -2.35. The van der Waals surface area contributed by atoms with Crippen LogP contribution in [-0.4, -0.2) is 60.3 Å². The van der Waals surface area contributed by atoms with Crippen molar-refractivity contribution in [2.24, 2.45) is 5.73 Å². The van der Waals surface area contributed by atoms with Crippen LogP contribution in [0, 0.1) is 17.0 Å². The summed E-state index contributed by atoms with van der Waals surface area (Å²) in [4.78, 5) is 27.8. The van der Waals surface area contributed by atoms with Gasteiger partial charge in [-0.05, 0) is 49.6 Å². The monoisotopic (exact) mass is 537 g/mol. The maximum Gasteiger partial charge on any atom is 0.276 e. The van der Waals surface area contributed by atoms with Gasteiger partial charge in [0, 0.05) is 49.3 Å². The van der Waals surface area contributed by atoms with Crippen molar-refractivity contribution >= 4 is 29.2 Å². The first-order valence-corrected chi connectivity index (χ1v) is 12.7. The summed E-state index contributed by atoms with van der Waals surface area (Å²) >= 11 is 0. The molecular formula is C27H29F2N7O3. The van der Waals surface area contributed by atoms with Crippen LogP contribution in [0.2, 0.25) is 0 Å². The van der Waals surface area contributed by atoms with Crippen molar-refractivity contribution in [3.63, 3.8) is 0 Å². The summed E-state index contributed by atoms with van der Waals surface area (Å²) in [5, 5.41) is 18.4. The molecule has 10 nitrogen and oxygen atoms in total. The Kier molecular flexibility index (Phi) is 7.66.